The van der Waals surface area contributed by atoms with E-state index in [4.69, 9.17) is 9.47 Å². The highest BCUT2D eigenvalue weighted by Crippen LogP contribution is 2.60. The maximum atomic E-state index is 14.8. The van der Waals surface area contributed by atoms with Crippen molar-refractivity contribution < 1.29 is 33.8 Å². The number of aliphatic hydroxyl groups is 1. The molecule has 7 rings (SSSR count). The van der Waals surface area contributed by atoms with Gasteiger partial charge in [-0.1, -0.05) is 59.3 Å². The standard InChI is InChI=1S/C36H40BrN3O7Si/c1-22-33(48(2,3)45)31(18-32(42)39-20-25-7-5-4-6-24(25)16-28(39)21-41)47-36(22)29-17-26(37)10-13-30(29)40(34(36)43)19-23-8-11-27(12-9-23)38-14-15-46-35(38)44/h4-13,17,22,28,31,33,41,45H,14-16,18-21H2,1-3H3/t22-,28-,31+,33-,36+/m0/s1. The van der Waals surface area contributed by atoms with Crippen molar-refractivity contribution in [1.29, 1.82) is 0 Å². The molecule has 0 saturated carbocycles. The van der Waals surface area contributed by atoms with E-state index in [0.717, 1.165) is 32.5 Å². The molecule has 4 aliphatic heterocycles. The summed E-state index contributed by atoms with van der Waals surface area (Å²) in [5.74, 6) is -0.819. The molecule has 252 valence electrons. The van der Waals surface area contributed by atoms with E-state index < -0.39 is 31.5 Å². The molecule has 4 aliphatic rings. The Morgan fingerprint density at radius 1 is 1.06 bits per heavy atom. The van der Waals surface area contributed by atoms with E-state index in [1.54, 1.807) is 14.7 Å². The van der Waals surface area contributed by atoms with Crippen LogP contribution in [0.5, 0.6) is 0 Å². The number of halogens is 1. The molecule has 1 spiro atoms. The molecule has 3 aromatic carbocycles. The first-order valence-corrected chi connectivity index (χ1v) is 20.3. The Morgan fingerprint density at radius 3 is 2.46 bits per heavy atom. The lowest BCUT2D eigenvalue weighted by molar-refractivity contribution is -0.151. The number of fused-ring (bicyclic) bond motifs is 3. The average molecular weight is 735 g/mol. The van der Waals surface area contributed by atoms with Crippen LogP contribution in [0.25, 0.3) is 0 Å². The zero-order valence-corrected chi connectivity index (χ0v) is 29.9. The summed E-state index contributed by atoms with van der Waals surface area (Å²) in [4.78, 5) is 57.7. The zero-order valence-electron chi connectivity index (χ0n) is 27.3. The summed E-state index contributed by atoms with van der Waals surface area (Å²) in [5.41, 5.74) is 3.40. The van der Waals surface area contributed by atoms with Gasteiger partial charge in [-0.25, -0.2) is 4.79 Å². The number of aliphatic hydroxyl groups excluding tert-OH is 1. The van der Waals surface area contributed by atoms with E-state index in [0.29, 0.717) is 31.7 Å². The molecule has 2 N–H and O–H groups in total. The number of hydrogen-bond acceptors (Lipinski definition) is 7. The first kappa shape index (κ1) is 33.0. The zero-order chi connectivity index (χ0) is 34.0. The monoisotopic (exact) mass is 733 g/mol. The van der Waals surface area contributed by atoms with Gasteiger partial charge in [0.15, 0.2) is 13.9 Å². The van der Waals surface area contributed by atoms with E-state index in [9.17, 15) is 24.3 Å². The Labute approximate surface area is 289 Å². The van der Waals surface area contributed by atoms with Crippen molar-refractivity contribution in [2.24, 2.45) is 5.92 Å². The van der Waals surface area contributed by atoms with Gasteiger partial charge in [-0.05, 0) is 66.5 Å². The molecule has 5 atom stereocenters. The number of carbonyl (C=O) groups is 3. The molecule has 0 unspecified atom stereocenters. The van der Waals surface area contributed by atoms with Crippen molar-refractivity contribution in [3.8, 4) is 0 Å². The van der Waals surface area contributed by atoms with Crippen molar-refractivity contribution in [2.45, 2.75) is 69.2 Å². The predicted octanol–water partition coefficient (Wildman–Crippen LogP) is 5.09. The highest BCUT2D eigenvalue weighted by atomic mass is 79.9. The number of anilines is 2. The maximum absolute atomic E-state index is 14.8. The summed E-state index contributed by atoms with van der Waals surface area (Å²) in [6, 6.07) is 20.8. The van der Waals surface area contributed by atoms with Crippen LogP contribution in [0.3, 0.4) is 0 Å². The number of cyclic esters (lactones) is 1. The fourth-order valence-corrected chi connectivity index (χ4v) is 11.2. The second kappa shape index (κ2) is 12.4. The summed E-state index contributed by atoms with van der Waals surface area (Å²) in [5, 5.41) is 10.3. The fourth-order valence-electron chi connectivity index (χ4n) is 8.33. The number of amides is 3. The molecule has 0 aliphatic carbocycles. The van der Waals surface area contributed by atoms with Gasteiger partial charge >= 0.3 is 6.09 Å². The average Bonchev–Trinajstić information content (AvgIpc) is 3.69. The van der Waals surface area contributed by atoms with Gasteiger partial charge in [-0.2, -0.15) is 0 Å². The Morgan fingerprint density at radius 2 is 1.79 bits per heavy atom. The van der Waals surface area contributed by atoms with Crippen LogP contribution in [0.15, 0.2) is 71.2 Å². The molecule has 2 fully saturated rings. The molecule has 4 heterocycles. The van der Waals surface area contributed by atoms with E-state index in [1.807, 2.05) is 86.7 Å². The Hall–Kier alpha value is -3.55. The molecule has 10 nitrogen and oxygen atoms in total. The van der Waals surface area contributed by atoms with E-state index in [2.05, 4.69) is 15.9 Å². The summed E-state index contributed by atoms with van der Waals surface area (Å²) in [7, 11) is -3.00. The number of nitrogens with zero attached hydrogens (tertiary/aromatic N) is 3. The molecule has 0 bridgehead atoms. The summed E-state index contributed by atoms with van der Waals surface area (Å²) in [6.07, 6.45) is -0.526. The second-order valence-corrected chi connectivity index (χ2v) is 18.8. The summed E-state index contributed by atoms with van der Waals surface area (Å²) in [6.45, 7) is 7.00. The van der Waals surface area contributed by atoms with Gasteiger partial charge < -0.3 is 29.2 Å². The molecule has 2 saturated heterocycles. The van der Waals surface area contributed by atoms with Gasteiger partial charge in [-0.15, -0.1) is 0 Å². The van der Waals surface area contributed by atoms with Gasteiger partial charge in [0.25, 0.3) is 5.91 Å². The molecular formula is C36H40BrN3O7Si. The Bertz CT molecular complexity index is 1760. The van der Waals surface area contributed by atoms with Crippen LogP contribution >= 0.6 is 15.9 Å². The first-order valence-electron chi connectivity index (χ1n) is 16.4. The van der Waals surface area contributed by atoms with Crippen LogP contribution in [0.1, 0.15) is 35.6 Å². The Kier molecular flexibility index (Phi) is 8.52. The third-order valence-electron chi connectivity index (χ3n) is 10.6. The molecule has 0 radical (unpaired) electrons. The van der Waals surface area contributed by atoms with Crippen LogP contribution in [0.2, 0.25) is 18.6 Å². The molecular weight excluding hydrogens is 694 g/mol. The second-order valence-electron chi connectivity index (χ2n) is 13.9. The molecule has 3 aromatic rings. The smallest absolute Gasteiger partial charge is 0.414 e. The van der Waals surface area contributed by atoms with Crippen LogP contribution in [-0.4, -0.2) is 72.9 Å². The quantitative estimate of drug-likeness (QED) is 0.325. The topological polar surface area (TPSA) is 120 Å². The van der Waals surface area contributed by atoms with Crippen molar-refractivity contribution in [3.63, 3.8) is 0 Å². The van der Waals surface area contributed by atoms with E-state index in [1.165, 1.54) is 0 Å². The normalized spacial score (nSPS) is 26.7. The highest BCUT2D eigenvalue weighted by Gasteiger charge is 2.66. The van der Waals surface area contributed by atoms with Gasteiger partial charge in [0, 0.05) is 33.7 Å². The molecule has 48 heavy (non-hydrogen) atoms. The molecule has 12 heteroatoms. The number of ether oxygens (including phenoxy) is 2. The highest BCUT2D eigenvalue weighted by molar-refractivity contribution is 9.10. The van der Waals surface area contributed by atoms with Crippen LogP contribution in [0.4, 0.5) is 16.2 Å². The third kappa shape index (κ3) is 5.47. The summed E-state index contributed by atoms with van der Waals surface area (Å²) >= 11 is 3.60. The van der Waals surface area contributed by atoms with Crippen LogP contribution in [0, 0.1) is 5.92 Å². The van der Waals surface area contributed by atoms with Gasteiger partial charge in [-0.3, -0.25) is 14.5 Å². The van der Waals surface area contributed by atoms with E-state index >= 15 is 0 Å². The van der Waals surface area contributed by atoms with Crippen molar-refractivity contribution in [1.82, 2.24) is 4.90 Å². The number of carbonyl (C=O) groups excluding carboxylic acids is 3. The Balaban J connectivity index is 1.20. The minimum atomic E-state index is -3.00. The van der Waals surface area contributed by atoms with Gasteiger partial charge in [0.2, 0.25) is 5.91 Å². The lowest BCUT2D eigenvalue weighted by Crippen LogP contribution is -2.48. The lowest BCUT2D eigenvalue weighted by atomic mass is 9.82. The van der Waals surface area contributed by atoms with Crippen LogP contribution in [-0.2, 0) is 44.2 Å². The minimum Gasteiger partial charge on any atom is -0.447 e. The molecule has 0 aromatic heterocycles. The first-order chi connectivity index (χ1) is 22.9. The number of benzene rings is 3. The van der Waals surface area contributed by atoms with Gasteiger partial charge in [0.1, 0.15) is 6.61 Å². The largest absolute Gasteiger partial charge is 0.447 e. The summed E-state index contributed by atoms with van der Waals surface area (Å²) < 4.78 is 12.8. The third-order valence-corrected chi connectivity index (χ3v) is 13.6. The van der Waals surface area contributed by atoms with Crippen molar-refractivity contribution >= 4 is 53.5 Å². The SMILES string of the molecule is C[C@H]1[C@H]([Si](C)(C)O)[C@@H](CC(=O)N2Cc3ccccc3C[C@H]2CO)O[C@]12C(=O)N(Cc1ccc(N3CCOC3=O)cc1)c1ccc(Br)cc12. The van der Waals surface area contributed by atoms with Crippen molar-refractivity contribution in [3.05, 3.63) is 93.5 Å². The fraction of sp³-hybridized carbons (Fsp3) is 0.417. The molecule has 3 amide bonds. The van der Waals surface area contributed by atoms with Gasteiger partial charge in [0.05, 0.1) is 44.0 Å². The van der Waals surface area contributed by atoms with Crippen molar-refractivity contribution in [2.75, 3.05) is 29.6 Å². The lowest BCUT2D eigenvalue weighted by Gasteiger charge is -2.37. The van der Waals surface area contributed by atoms with E-state index in [-0.39, 0.29) is 43.5 Å². The minimum absolute atomic E-state index is 0.0105. The predicted molar refractivity (Wildman–Crippen MR) is 186 cm³/mol. The number of hydrogen-bond donors (Lipinski definition) is 2. The van der Waals surface area contributed by atoms with Crippen LogP contribution < -0.4 is 9.80 Å². The maximum Gasteiger partial charge on any atom is 0.414 e. The number of rotatable bonds is 7.